The summed E-state index contributed by atoms with van der Waals surface area (Å²) in [5.41, 5.74) is 2.26. The third-order valence-corrected chi connectivity index (χ3v) is 7.95. The summed E-state index contributed by atoms with van der Waals surface area (Å²) in [6.45, 7) is 2.70. The van der Waals surface area contributed by atoms with Crippen LogP contribution in [0.1, 0.15) is 30.9 Å². The van der Waals surface area contributed by atoms with Gasteiger partial charge in [-0.2, -0.15) is 0 Å². The van der Waals surface area contributed by atoms with Crippen LogP contribution in [0.15, 0.2) is 59.5 Å². The maximum Gasteiger partial charge on any atom is 0.254 e. The van der Waals surface area contributed by atoms with Crippen molar-refractivity contribution in [2.45, 2.75) is 36.1 Å². The van der Waals surface area contributed by atoms with Crippen molar-refractivity contribution in [2.24, 2.45) is 11.8 Å². The molecule has 0 N–H and O–H groups in total. The standard InChI is InChI=1S/C18H22N2O2S.C6H8F2/c1-19-11-12-20(14-18(19)15-7-4-3-5-8-15)16-9-6-10-17(13-16)23(2,21)22;7-6(8)4-2-1-3-5(4)6/h3-10,13,18H,11-12,14H2,1-2H3;4-5H,1-3H2. The molecule has 2 aliphatic carbocycles. The molecule has 5 rings (SSSR count). The summed E-state index contributed by atoms with van der Waals surface area (Å²) in [5, 5.41) is 0. The Morgan fingerprint density at radius 1 is 0.968 bits per heavy atom. The zero-order valence-electron chi connectivity index (χ0n) is 18.0. The molecule has 1 saturated heterocycles. The van der Waals surface area contributed by atoms with Gasteiger partial charge in [-0.1, -0.05) is 42.8 Å². The van der Waals surface area contributed by atoms with Crippen LogP contribution in [0.25, 0.3) is 0 Å². The molecule has 3 unspecified atom stereocenters. The van der Waals surface area contributed by atoms with E-state index in [4.69, 9.17) is 0 Å². The molecule has 0 bridgehead atoms. The van der Waals surface area contributed by atoms with E-state index < -0.39 is 15.8 Å². The Kier molecular flexibility index (Phi) is 6.10. The third-order valence-electron chi connectivity index (χ3n) is 6.84. The minimum Gasteiger partial charge on any atom is -0.368 e. The Hall–Kier alpha value is -1.99. The lowest BCUT2D eigenvalue weighted by atomic mass is 10.0. The zero-order chi connectivity index (χ0) is 22.2. The van der Waals surface area contributed by atoms with E-state index in [2.05, 4.69) is 41.1 Å². The van der Waals surface area contributed by atoms with E-state index in [0.29, 0.717) is 10.9 Å². The van der Waals surface area contributed by atoms with Crippen LogP contribution in [0.3, 0.4) is 0 Å². The van der Waals surface area contributed by atoms with Gasteiger partial charge in [0.1, 0.15) is 0 Å². The lowest BCUT2D eigenvalue weighted by molar-refractivity contribution is 0.0728. The first-order valence-electron chi connectivity index (χ1n) is 10.9. The second kappa shape index (κ2) is 8.51. The molecule has 0 radical (unpaired) electrons. The van der Waals surface area contributed by atoms with E-state index >= 15 is 0 Å². The van der Waals surface area contributed by atoms with Crippen molar-refractivity contribution >= 4 is 15.5 Å². The van der Waals surface area contributed by atoms with E-state index in [1.54, 1.807) is 12.1 Å². The average Bonchev–Trinajstić information content (AvgIpc) is 3.10. The molecule has 0 spiro atoms. The zero-order valence-corrected chi connectivity index (χ0v) is 18.9. The van der Waals surface area contributed by atoms with E-state index in [1.165, 1.54) is 11.8 Å². The van der Waals surface area contributed by atoms with Gasteiger partial charge in [-0.25, -0.2) is 17.2 Å². The fourth-order valence-electron chi connectivity index (χ4n) is 4.86. The first-order chi connectivity index (χ1) is 14.7. The number of nitrogens with zero attached hydrogens (tertiary/aromatic N) is 2. The predicted octanol–water partition coefficient (Wildman–Crippen LogP) is 4.63. The van der Waals surface area contributed by atoms with Crippen LogP contribution in [0.5, 0.6) is 0 Å². The molecule has 1 heterocycles. The third kappa shape index (κ3) is 4.77. The van der Waals surface area contributed by atoms with Gasteiger partial charge in [0, 0.05) is 43.4 Å². The van der Waals surface area contributed by atoms with Gasteiger partial charge in [0.15, 0.2) is 9.84 Å². The number of fused-ring (bicyclic) bond motifs is 1. The molecule has 3 aliphatic rings. The quantitative estimate of drug-likeness (QED) is 0.686. The molecule has 1 aliphatic heterocycles. The van der Waals surface area contributed by atoms with Crippen molar-refractivity contribution < 1.29 is 17.2 Å². The minimum atomic E-state index is -3.18. The number of alkyl halides is 2. The Morgan fingerprint density at radius 2 is 1.65 bits per heavy atom. The van der Waals surface area contributed by atoms with Crippen molar-refractivity contribution in [2.75, 3.05) is 37.8 Å². The molecule has 2 aromatic carbocycles. The second-order valence-electron chi connectivity index (χ2n) is 8.94. The molecule has 31 heavy (non-hydrogen) atoms. The highest BCUT2D eigenvalue weighted by Gasteiger charge is 2.69. The molecule has 7 heteroatoms. The van der Waals surface area contributed by atoms with Gasteiger partial charge in [0.2, 0.25) is 0 Å². The Morgan fingerprint density at radius 3 is 2.23 bits per heavy atom. The monoisotopic (exact) mass is 448 g/mol. The summed E-state index contributed by atoms with van der Waals surface area (Å²) in [5.74, 6) is -2.65. The number of halogens is 2. The normalized spacial score (nSPS) is 27.2. The number of hydrogen-bond acceptors (Lipinski definition) is 4. The van der Waals surface area contributed by atoms with Crippen molar-refractivity contribution in [3.05, 3.63) is 60.2 Å². The van der Waals surface area contributed by atoms with Crippen molar-refractivity contribution in [1.82, 2.24) is 4.90 Å². The fourth-order valence-corrected chi connectivity index (χ4v) is 5.52. The van der Waals surface area contributed by atoms with E-state index in [0.717, 1.165) is 44.6 Å². The summed E-state index contributed by atoms with van der Waals surface area (Å²) >= 11 is 0. The Bertz CT molecular complexity index is 1000. The number of rotatable bonds is 3. The SMILES string of the molecule is CN1CCN(c2cccc(S(C)(=O)=O)c2)CC1c1ccccc1.FC1(F)C2CCCC21. The largest absolute Gasteiger partial charge is 0.368 e. The number of sulfone groups is 1. The highest BCUT2D eigenvalue weighted by atomic mass is 32.2. The smallest absolute Gasteiger partial charge is 0.254 e. The summed E-state index contributed by atoms with van der Waals surface area (Å²) < 4.78 is 48.0. The van der Waals surface area contributed by atoms with Gasteiger partial charge in [-0.15, -0.1) is 0 Å². The molecule has 0 amide bonds. The summed E-state index contributed by atoms with van der Waals surface area (Å²) in [6.07, 6.45) is 3.84. The number of hydrogen-bond donors (Lipinski definition) is 0. The molecule has 2 aromatic rings. The Balaban J connectivity index is 0.000000239. The number of likely N-dealkylation sites (N-methyl/N-ethyl adjacent to an activating group) is 1. The highest BCUT2D eigenvalue weighted by Crippen LogP contribution is 2.63. The average molecular weight is 449 g/mol. The lowest BCUT2D eigenvalue weighted by Gasteiger charge is -2.41. The van der Waals surface area contributed by atoms with Crippen LogP contribution < -0.4 is 4.90 Å². The van der Waals surface area contributed by atoms with Crippen LogP contribution in [-0.2, 0) is 9.84 Å². The van der Waals surface area contributed by atoms with Crippen LogP contribution in [-0.4, -0.2) is 52.2 Å². The summed E-state index contributed by atoms with van der Waals surface area (Å²) in [4.78, 5) is 5.00. The second-order valence-corrected chi connectivity index (χ2v) is 11.0. The first kappa shape index (κ1) is 22.2. The molecule has 168 valence electrons. The predicted molar refractivity (Wildman–Crippen MR) is 119 cm³/mol. The van der Waals surface area contributed by atoms with Crippen molar-refractivity contribution in [3.8, 4) is 0 Å². The van der Waals surface area contributed by atoms with Crippen LogP contribution in [0.4, 0.5) is 14.5 Å². The topological polar surface area (TPSA) is 40.6 Å². The molecule has 4 nitrogen and oxygen atoms in total. The minimum absolute atomic E-state index is 0.206. The highest BCUT2D eigenvalue weighted by molar-refractivity contribution is 7.90. The first-order valence-corrected chi connectivity index (χ1v) is 12.7. The summed E-state index contributed by atoms with van der Waals surface area (Å²) in [7, 11) is -1.04. The molecule has 3 atom stereocenters. The molecule has 3 fully saturated rings. The Labute approximate surface area is 183 Å². The van der Waals surface area contributed by atoms with Gasteiger partial charge >= 0.3 is 0 Å². The van der Waals surface area contributed by atoms with Crippen LogP contribution in [0.2, 0.25) is 0 Å². The molecular weight excluding hydrogens is 418 g/mol. The van der Waals surface area contributed by atoms with Gasteiger partial charge < -0.3 is 4.90 Å². The lowest BCUT2D eigenvalue weighted by Crippen LogP contribution is -2.46. The van der Waals surface area contributed by atoms with Gasteiger partial charge in [-0.3, -0.25) is 4.90 Å². The molecule has 0 aromatic heterocycles. The van der Waals surface area contributed by atoms with Gasteiger partial charge in [-0.05, 0) is 43.7 Å². The summed E-state index contributed by atoms with van der Waals surface area (Å²) in [6, 6.07) is 18.0. The van der Waals surface area contributed by atoms with Crippen LogP contribution >= 0.6 is 0 Å². The van der Waals surface area contributed by atoms with Crippen molar-refractivity contribution in [1.29, 1.82) is 0 Å². The number of anilines is 1. The van der Waals surface area contributed by atoms with Crippen LogP contribution in [0, 0.1) is 11.8 Å². The number of benzene rings is 2. The number of piperazine rings is 1. The van der Waals surface area contributed by atoms with Gasteiger partial charge in [0.25, 0.3) is 5.92 Å². The van der Waals surface area contributed by atoms with E-state index in [9.17, 15) is 17.2 Å². The molecular formula is C24H30F2N2O2S. The fraction of sp³-hybridized carbons (Fsp3) is 0.500. The maximum absolute atomic E-state index is 12.2. The van der Waals surface area contributed by atoms with Crippen molar-refractivity contribution in [3.63, 3.8) is 0 Å². The molecule has 2 saturated carbocycles. The maximum atomic E-state index is 12.2. The van der Waals surface area contributed by atoms with E-state index in [-0.39, 0.29) is 11.8 Å². The van der Waals surface area contributed by atoms with Gasteiger partial charge in [0.05, 0.1) is 10.9 Å². The van der Waals surface area contributed by atoms with E-state index in [1.807, 2.05) is 18.2 Å².